The summed E-state index contributed by atoms with van der Waals surface area (Å²) in [5, 5.41) is 2.35. The molecule has 0 fully saturated rings. The number of imidazole rings is 1. The van der Waals surface area contributed by atoms with E-state index >= 15 is 0 Å². The molecule has 0 N–H and O–H groups in total. The molecule has 0 aliphatic carbocycles. The fraction of sp³-hybridized carbons (Fsp3) is 0.290. The van der Waals surface area contributed by atoms with Gasteiger partial charge < -0.3 is 4.74 Å². The highest BCUT2D eigenvalue weighted by Gasteiger charge is 2.29. The van der Waals surface area contributed by atoms with Crippen LogP contribution in [0.25, 0.3) is 39.0 Å². The van der Waals surface area contributed by atoms with Gasteiger partial charge in [0.15, 0.2) is 0 Å². The zero-order valence-electron chi connectivity index (χ0n) is 41.8. The topological polar surface area (TPSA) is 35.9 Å². The van der Waals surface area contributed by atoms with Crippen molar-refractivity contribution in [3.05, 3.63) is 209 Å². The van der Waals surface area contributed by atoms with Crippen LogP contribution in [-0.2, 0) is 27.1 Å². The second kappa shape index (κ2) is 16.6. The molecule has 3 aromatic heterocycles. The van der Waals surface area contributed by atoms with Crippen LogP contribution in [0.5, 0.6) is 11.5 Å². The molecular weight excluding hydrogens is 817 g/mol. The third-order valence-electron chi connectivity index (χ3n) is 13.9. The monoisotopic (exact) mass is 883 g/mol. The van der Waals surface area contributed by atoms with Crippen molar-refractivity contribution >= 4 is 21.8 Å². The smallest absolute Gasteiger partial charge is 0.269 e. The molecule has 9 rings (SSSR count). The minimum atomic E-state index is -0.223. The molecule has 0 radical (unpaired) electrons. The first-order chi connectivity index (χ1) is 31.6. The zero-order valence-corrected chi connectivity index (χ0v) is 41.8. The maximum absolute atomic E-state index is 6.82. The van der Waals surface area contributed by atoms with E-state index in [2.05, 4.69) is 262 Å². The minimum Gasteiger partial charge on any atom is -0.458 e. The van der Waals surface area contributed by atoms with Gasteiger partial charge in [0.25, 0.3) is 6.33 Å². The normalized spacial score (nSPS) is 12.9. The molecule has 67 heavy (non-hydrogen) atoms. The molecule has 0 saturated heterocycles. The molecule has 0 unspecified atom stereocenters. The summed E-state index contributed by atoms with van der Waals surface area (Å²) in [4.78, 5) is 5.03. The van der Waals surface area contributed by atoms with Crippen LogP contribution in [0.2, 0.25) is 0 Å². The summed E-state index contributed by atoms with van der Waals surface area (Å²) in [7, 11) is 0. The summed E-state index contributed by atoms with van der Waals surface area (Å²) in [6, 6.07) is 54.7. The Bertz CT molecular complexity index is 3250. The van der Waals surface area contributed by atoms with E-state index < -0.39 is 0 Å². The number of pyridine rings is 1. The lowest BCUT2D eigenvalue weighted by Gasteiger charge is -2.30. The highest BCUT2D eigenvalue weighted by molar-refractivity contribution is 6.09. The van der Waals surface area contributed by atoms with Gasteiger partial charge in [0.05, 0.1) is 28.1 Å². The zero-order chi connectivity index (χ0) is 47.7. The molecule has 5 heteroatoms. The molecule has 0 amide bonds. The van der Waals surface area contributed by atoms with Gasteiger partial charge in [-0.2, -0.15) is 0 Å². The lowest BCUT2D eigenvalue weighted by molar-refractivity contribution is -0.611. The number of nitrogens with zero attached hydrogens (tertiary/aromatic N) is 4. The standard InChI is InChI=1S/C62H66N4O/c1-58(2,3)44-27-30-54-53(36-44)52-29-28-51(39-55(52)66(54)57-37-45(31-32-63-57)61(10,11)42-21-16-14-17-22-42)67-50-26-20-25-48(38-50)64-40-56(60(7,8)9)65(41-64)49-34-46(59(4,5)6)33-47(35-49)62(12,13)43-23-18-15-19-24-43/h14-40H,1-13H3. The summed E-state index contributed by atoms with van der Waals surface area (Å²) in [6.45, 7) is 29.7. The molecule has 340 valence electrons. The maximum atomic E-state index is 6.82. The minimum absolute atomic E-state index is 0.00267. The third kappa shape index (κ3) is 8.73. The lowest BCUT2D eigenvalue weighted by atomic mass is 9.75. The van der Waals surface area contributed by atoms with E-state index in [0.29, 0.717) is 0 Å². The van der Waals surface area contributed by atoms with Crippen LogP contribution < -0.4 is 9.30 Å². The molecule has 5 nitrogen and oxygen atoms in total. The van der Waals surface area contributed by atoms with Gasteiger partial charge in [0.1, 0.15) is 17.3 Å². The molecule has 0 spiro atoms. The van der Waals surface area contributed by atoms with E-state index in [9.17, 15) is 0 Å². The van der Waals surface area contributed by atoms with E-state index in [4.69, 9.17) is 9.72 Å². The Labute approximate surface area is 398 Å². The molecule has 0 bridgehead atoms. The van der Waals surface area contributed by atoms with Crippen molar-refractivity contribution in [2.75, 3.05) is 0 Å². The van der Waals surface area contributed by atoms with Gasteiger partial charge in [-0.25, -0.2) is 4.98 Å². The van der Waals surface area contributed by atoms with E-state index in [1.54, 1.807) is 0 Å². The van der Waals surface area contributed by atoms with E-state index in [1.165, 1.54) is 38.8 Å². The SMILES string of the molecule is CC(C)(C)c1cc(-[n+]2[c-]n(-c3cccc(Oc4ccc5c6cc(C(C)(C)C)ccc6n(-c6cc(C(C)(C)c7ccccc7)ccn6)c5c4)c3)cc2C(C)(C)C)cc(C(C)(C)c2ccccc2)c1. The van der Waals surface area contributed by atoms with E-state index in [0.717, 1.165) is 50.8 Å². The first-order valence-corrected chi connectivity index (χ1v) is 23.8. The predicted molar refractivity (Wildman–Crippen MR) is 278 cm³/mol. The van der Waals surface area contributed by atoms with Gasteiger partial charge in [-0.3, -0.25) is 13.7 Å². The van der Waals surface area contributed by atoms with Crippen molar-refractivity contribution in [1.29, 1.82) is 0 Å². The summed E-state index contributed by atoms with van der Waals surface area (Å²) in [5.74, 6) is 2.37. The molecule has 9 aromatic rings. The number of fused-ring (bicyclic) bond motifs is 3. The third-order valence-corrected chi connectivity index (χ3v) is 13.9. The van der Waals surface area contributed by atoms with Gasteiger partial charge in [0, 0.05) is 40.1 Å². The number of aromatic nitrogens is 4. The van der Waals surface area contributed by atoms with Gasteiger partial charge in [-0.1, -0.05) is 169 Å². The largest absolute Gasteiger partial charge is 0.458 e. The number of benzene rings is 6. The van der Waals surface area contributed by atoms with Crippen molar-refractivity contribution in [2.45, 2.75) is 117 Å². The fourth-order valence-electron chi connectivity index (χ4n) is 9.35. The molecule has 0 aliphatic heterocycles. The first kappa shape index (κ1) is 45.4. The Morgan fingerprint density at radius 2 is 1.09 bits per heavy atom. The number of hydrogen-bond acceptors (Lipinski definition) is 2. The van der Waals surface area contributed by atoms with Gasteiger partial charge >= 0.3 is 0 Å². The average molecular weight is 883 g/mol. The summed E-state index contributed by atoms with van der Waals surface area (Å²) < 4.78 is 13.5. The average Bonchev–Trinajstić information content (AvgIpc) is 3.90. The van der Waals surface area contributed by atoms with Crippen molar-refractivity contribution in [2.24, 2.45) is 0 Å². The Kier molecular flexibility index (Phi) is 11.2. The Balaban J connectivity index is 1.12. The number of hydrogen-bond donors (Lipinski definition) is 0. The molecule has 0 aliphatic rings. The molecular formula is C62H66N4O. The van der Waals surface area contributed by atoms with Crippen LogP contribution in [0.4, 0.5) is 0 Å². The number of rotatable bonds is 9. The fourth-order valence-corrected chi connectivity index (χ4v) is 9.35. The predicted octanol–water partition coefficient (Wildman–Crippen LogP) is 15.4. The van der Waals surface area contributed by atoms with Gasteiger partial charge in [0.2, 0.25) is 0 Å². The van der Waals surface area contributed by atoms with Crippen LogP contribution in [0.3, 0.4) is 0 Å². The second-order valence-corrected chi connectivity index (χ2v) is 22.6. The summed E-state index contributed by atoms with van der Waals surface area (Å²) in [6.07, 6.45) is 7.95. The summed E-state index contributed by atoms with van der Waals surface area (Å²) in [5.41, 5.74) is 12.3. The highest BCUT2D eigenvalue weighted by atomic mass is 16.5. The molecule has 6 aromatic carbocycles. The molecule has 0 atom stereocenters. The van der Waals surface area contributed by atoms with Crippen LogP contribution >= 0.6 is 0 Å². The van der Waals surface area contributed by atoms with Crippen LogP contribution in [-0.4, -0.2) is 14.1 Å². The van der Waals surface area contributed by atoms with Crippen LogP contribution in [0.1, 0.15) is 129 Å². The van der Waals surface area contributed by atoms with Crippen molar-refractivity contribution in [1.82, 2.24) is 14.1 Å². The molecule has 0 saturated carbocycles. The highest BCUT2D eigenvalue weighted by Crippen LogP contribution is 2.40. The van der Waals surface area contributed by atoms with E-state index in [-0.39, 0.29) is 27.1 Å². The quantitative estimate of drug-likeness (QED) is 0.107. The Morgan fingerprint density at radius 3 is 1.73 bits per heavy atom. The lowest BCUT2D eigenvalue weighted by Crippen LogP contribution is -2.39. The van der Waals surface area contributed by atoms with Gasteiger partial charge in [-0.15, -0.1) is 0 Å². The second-order valence-electron chi connectivity index (χ2n) is 22.6. The Morgan fingerprint density at radius 1 is 0.463 bits per heavy atom. The first-order valence-electron chi connectivity index (χ1n) is 23.8. The van der Waals surface area contributed by atoms with E-state index in [1.807, 2.05) is 12.3 Å². The van der Waals surface area contributed by atoms with Crippen molar-refractivity contribution in [3.63, 3.8) is 0 Å². The van der Waals surface area contributed by atoms with Gasteiger partial charge in [-0.05, 0) is 116 Å². The van der Waals surface area contributed by atoms with Crippen molar-refractivity contribution < 1.29 is 9.30 Å². The number of ether oxygens (including phenoxy) is 1. The molecule has 3 heterocycles. The summed E-state index contributed by atoms with van der Waals surface area (Å²) >= 11 is 0. The van der Waals surface area contributed by atoms with Crippen LogP contribution in [0, 0.1) is 6.33 Å². The Hall–Kier alpha value is -6.72. The maximum Gasteiger partial charge on any atom is 0.269 e. The van der Waals surface area contributed by atoms with Crippen LogP contribution in [0.15, 0.2) is 164 Å². The van der Waals surface area contributed by atoms with Crippen molar-refractivity contribution in [3.8, 4) is 28.7 Å².